The molecule has 6 nitrogen and oxygen atoms in total. The zero-order valence-corrected chi connectivity index (χ0v) is 15.8. The summed E-state index contributed by atoms with van der Waals surface area (Å²) in [4.78, 5) is 12.1. The molecule has 0 atom stereocenters. The molecule has 2 aromatic carbocycles. The maximum Gasteiger partial charge on any atom is 0.232 e. The van der Waals surface area contributed by atoms with Crippen molar-refractivity contribution in [1.29, 1.82) is 0 Å². The molecule has 0 radical (unpaired) electrons. The van der Waals surface area contributed by atoms with Gasteiger partial charge in [0.15, 0.2) is 0 Å². The van der Waals surface area contributed by atoms with Gasteiger partial charge in [-0.1, -0.05) is 42.5 Å². The third-order valence-corrected chi connectivity index (χ3v) is 5.05. The monoisotopic (exact) mass is 376 g/mol. The molecule has 0 saturated heterocycles. The minimum Gasteiger partial charge on any atom is -0.495 e. The molecule has 1 amide bonds. The fourth-order valence-corrected chi connectivity index (χ4v) is 3.51. The Kier molecular flexibility index (Phi) is 7.03. The number of methoxy groups -OCH3 is 1. The molecule has 0 saturated carbocycles. The van der Waals surface area contributed by atoms with E-state index >= 15 is 0 Å². The van der Waals surface area contributed by atoms with Crippen molar-refractivity contribution >= 4 is 21.6 Å². The Balaban J connectivity index is 1.94. The molecule has 140 valence electrons. The van der Waals surface area contributed by atoms with Crippen LogP contribution >= 0.6 is 0 Å². The molecule has 0 fully saturated rings. The highest BCUT2D eigenvalue weighted by Gasteiger charge is 2.21. The van der Waals surface area contributed by atoms with E-state index in [9.17, 15) is 13.2 Å². The molecule has 2 aromatic rings. The van der Waals surface area contributed by atoms with Crippen molar-refractivity contribution in [2.75, 3.05) is 30.8 Å². The summed E-state index contributed by atoms with van der Waals surface area (Å²) in [5.41, 5.74) is 1.56. The van der Waals surface area contributed by atoms with E-state index in [1.807, 2.05) is 30.3 Å². The lowest BCUT2D eigenvalue weighted by Crippen LogP contribution is -2.35. The van der Waals surface area contributed by atoms with Crippen molar-refractivity contribution in [3.8, 4) is 5.75 Å². The number of carbonyl (C=O) groups excluding carboxylic acids is 1. The van der Waals surface area contributed by atoms with Crippen LogP contribution in [0.2, 0.25) is 0 Å². The highest BCUT2D eigenvalue weighted by atomic mass is 32.2. The molecule has 0 unspecified atom stereocenters. The number of hydrogen-bond acceptors (Lipinski definition) is 4. The lowest BCUT2D eigenvalue weighted by atomic mass is 10.1. The Labute approximate surface area is 154 Å². The molecule has 1 N–H and O–H groups in total. The first-order valence-corrected chi connectivity index (χ1v) is 10.2. The zero-order chi connectivity index (χ0) is 19.0. The third-order valence-electron chi connectivity index (χ3n) is 3.87. The van der Waals surface area contributed by atoms with E-state index in [1.54, 1.807) is 24.3 Å². The lowest BCUT2D eigenvalue weighted by molar-refractivity contribution is -0.120. The number of hydrogen-bond donors (Lipinski definition) is 1. The van der Waals surface area contributed by atoms with Crippen molar-refractivity contribution in [3.63, 3.8) is 0 Å². The van der Waals surface area contributed by atoms with Gasteiger partial charge in [0.1, 0.15) is 5.75 Å². The molecule has 7 heteroatoms. The molecule has 26 heavy (non-hydrogen) atoms. The lowest BCUT2D eigenvalue weighted by Gasteiger charge is -2.24. The second-order valence-corrected chi connectivity index (χ2v) is 7.75. The number of carbonyl (C=O) groups is 1. The summed E-state index contributed by atoms with van der Waals surface area (Å²) in [6, 6.07) is 16.7. The summed E-state index contributed by atoms with van der Waals surface area (Å²) in [6.07, 6.45) is 1.92. The van der Waals surface area contributed by atoms with Gasteiger partial charge in [-0.2, -0.15) is 0 Å². The standard InChI is InChI=1S/C19H24N2O4S/c1-25-18-11-7-6-10-17(18)21(26(2,23)24)15-13-19(22)20-14-12-16-8-4-3-5-9-16/h3-11H,12-15H2,1-2H3,(H,20,22). The SMILES string of the molecule is COc1ccccc1N(CCC(=O)NCCc1ccccc1)S(C)(=O)=O. The van der Waals surface area contributed by atoms with Gasteiger partial charge in [-0.05, 0) is 24.1 Å². The number of nitrogens with one attached hydrogen (secondary N) is 1. The van der Waals surface area contributed by atoms with Crippen molar-refractivity contribution in [3.05, 3.63) is 60.2 Å². The highest BCUT2D eigenvalue weighted by Crippen LogP contribution is 2.29. The van der Waals surface area contributed by atoms with Gasteiger partial charge in [-0.15, -0.1) is 0 Å². The number of nitrogens with zero attached hydrogens (tertiary/aromatic N) is 1. The number of ether oxygens (including phenoxy) is 1. The molecule has 0 bridgehead atoms. The molecule has 0 spiro atoms. The molecular formula is C19H24N2O4S. The quantitative estimate of drug-likeness (QED) is 0.728. The third kappa shape index (κ3) is 5.77. The minimum absolute atomic E-state index is 0.0520. The summed E-state index contributed by atoms with van der Waals surface area (Å²) in [5, 5.41) is 2.83. The van der Waals surface area contributed by atoms with Gasteiger partial charge in [0.05, 0.1) is 19.1 Å². The van der Waals surface area contributed by atoms with E-state index < -0.39 is 10.0 Å². The van der Waals surface area contributed by atoms with Crippen molar-refractivity contribution < 1.29 is 17.9 Å². The molecule has 0 heterocycles. The molecule has 2 rings (SSSR count). The maximum atomic E-state index is 12.2. The van der Waals surface area contributed by atoms with E-state index in [0.717, 1.165) is 18.2 Å². The van der Waals surface area contributed by atoms with Gasteiger partial charge in [-0.25, -0.2) is 8.42 Å². The van der Waals surface area contributed by atoms with Gasteiger partial charge >= 0.3 is 0 Å². The summed E-state index contributed by atoms with van der Waals surface area (Å²) < 4.78 is 30.7. The highest BCUT2D eigenvalue weighted by molar-refractivity contribution is 7.92. The summed E-state index contributed by atoms with van der Waals surface area (Å²) >= 11 is 0. The van der Waals surface area contributed by atoms with Crippen LogP contribution in [0.4, 0.5) is 5.69 Å². The van der Waals surface area contributed by atoms with Gasteiger partial charge < -0.3 is 10.1 Å². The van der Waals surface area contributed by atoms with Crippen LogP contribution in [0.5, 0.6) is 5.75 Å². The molecule has 0 aliphatic heterocycles. The van der Waals surface area contributed by atoms with Crippen LogP contribution in [0.25, 0.3) is 0 Å². The zero-order valence-electron chi connectivity index (χ0n) is 15.0. The summed E-state index contributed by atoms with van der Waals surface area (Å²) in [5.74, 6) is 0.256. The topological polar surface area (TPSA) is 75.7 Å². The van der Waals surface area contributed by atoms with Crippen LogP contribution in [0.1, 0.15) is 12.0 Å². The number of amides is 1. The van der Waals surface area contributed by atoms with Crippen LogP contribution in [0.3, 0.4) is 0 Å². The Hall–Kier alpha value is -2.54. The average Bonchev–Trinajstić information content (AvgIpc) is 2.62. The van der Waals surface area contributed by atoms with E-state index in [4.69, 9.17) is 4.74 Å². The van der Waals surface area contributed by atoms with Crippen LogP contribution in [0.15, 0.2) is 54.6 Å². The fraction of sp³-hybridized carbons (Fsp3) is 0.316. The fourth-order valence-electron chi connectivity index (χ4n) is 2.58. The van der Waals surface area contributed by atoms with E-state index in [2.05, 4.69) is 5.32 Å². The van der Waals surface area contributed by atoms with Crippen molar-refractivity contribution in [2.24, 2.45) is 0 Å². The molecular weight excluding hydrogens is 352 g/mol. The minimum atomic E-state index is -3.54. The second kappa shape index (κ2) is 9.24. The van der Waals surface area contributed by atoms with Crippen LogP contribution < -0.4 is 14.4 Å². The van der Waals surface area contributed by atoms with E-state index in [0.29, 0.717) is 18.0 Å². The largest absolute Gasteiger partial charge is 0.495 e. The maximum absolute atomic E-state index is 12.2. The number of rotatable bonds is 9. The Morgan fingerprint density at radius 2 is 1.73 bits per heavy atom. The van der Waals surface area contributed by atoms with Gasteiger partial charge in [0.25, 0.3) is 0 Å². The number of anilines is 1. The predicted octanol–water partition coefficient (Wildman–Crippen LogP) is 2.21. The summed E-state index contributed by atoms with van der Waals surface area (Å²) in [7, 11) is -2.05. The molecule has 0 aromatic heterocycles. The number of benzene rings is 2. The number of para-hydroxylation sites is 2. The normalized spacial score (nSPS) is 11.0. The van der Waals surface area contributed by atoms with Crippen LogP contribution in [-0.4, -0.2) is 40.8 Å². The molecule has 0 aliphatic carbocycles. The van der Waals surface area contributed by atoms with E-state index in [-0.39, 0.29) is 18.9 Å². The first-order valence-electron chi connectivity index (χ1n) is 8.33. The Bertz CT molecular complexity index is 822. The van der Waals surface area contributed by atoms with Gasteiger partial charge in [0, 0.05) is 19.5 Å². The van der Waals surface area contributed by atoms with Crippen LogP contribution in [0, 0.1) is 0 Å². The van der Waals surface area contributed by atoms with E-state index in [1.165, 1.54) is 11.4 Å². The smallest absolute Gasteiger partial charge is 0.232 e. The first kappa shape index (κ1) is 19.8. The Morgan fingerprint density at radius 3 is 2.38 bits per heavy atom. The number of sulfonamides is 1. The van der Waals surface area contributed by atoms with Crippen molar-refractivity contribution in [2.45, 2.75) is 12.8 Å². The second-order valence-electron chi connectivity index (χ2n) is 5.84. The average molecular weight is 376 g/mol. The molecule has 0 aliphatic rings. The first-order chi connectivity index (χ1) is 12.4. The van der Waals surface area contributed by atoms with Crippen LogP contribution in [-0.2, 0) is 21.2 Å². The Morgan fingerprint density at radius 1 is 1.08 bits per heavy atom. The van der Waals surface area contributed by atoms with Gasteiger partial charge in [-0.3, -0.25) is 9.10 Å². The van der Waals surface area contributed by atoms with Gasteiger partial charge in [0.2, 0.25) is 15.9 Å². The predicted molar refractivity (Wildman–Crippen MR) is 103 cm³/mol. The summed E-state index contributed by atoms with van der Waals surface area (Å²) in [6.45, 7) is 0.562. The van der Waals surface area contributed by atoms with Crippen molar-refractivity contribution in [1.82, 2.24) is 5.32 Å².